The maximum atomic E-state index is 12.1. The van der Waals surface area contributed by atoms with Crippen LogP contribution in [0.1, 0.15) is 37.8 Å². The third-order valence-electron chi connectivity index (χ3n) is 3.01. The highest BCUT2D eigenvalue weighted by Crippen LogP contribution is 2.16. The summed E-state index contributed by atoms with van der Waals surface area (Å²) in [6, 6.07) is 7.07. The second-order valence-corrected chi connectivity index (χ2v) is 5.75. The number of amides is 2. The number of aryl methyl sites for hydroxylation is 3. The first-order chi connectivity index (χ1) is 9.90. The number of nitrogens with one attached hydrogen (secondary N) is 2. The van der Waals surface area contributed by atoms with Crippen molar-refractivity contribution in [2.45, 2.75) is 20.8 Å². The van der Waals surface area contributed by atoms with Crippen molar-refractivity contribution < 1.29 is 14.0 Å². The quantitative estimate of drug-likeness (QED) is 0.604. The number of halogens is 1. The Hall–Kier alpha value is -1.83. The molecule has 2 amide bonds. The van der Waals surface area contributed by atoms with Crippen LogP contribution >= 0.6 is 22.6 Å². The smallest absolute Gasteiger partial charge is 0.273 e. The summed E-state index contributed by atoms with van der Waals surface area (Å²) in [5.74, 6) is 0.413. The van der Waals surface area contributed by atoms with E-state index in [1.807, 2.05) is 13.0 Å². The van der Waals surface area contributed by atoms with Crippen LogP contribution in [0.2, 0.25) is 0 Å². The summed E-state index contributed by atoms with van der Waals surface area (Å²) >= 11 is 2.11. The van der Waals surface area contributed by atoms with E-state index in [1.165, 1.54) is 0 Å². The highest BCUT2D eigenvalue weighted by atomic mass is 127. The van der Waals surface area contributed by atoms with Gasteiger partial charge in [0.05, 0.1) is 11.1 Å². The van der Waals surface area contributed by atoms with E-state index in [0.29, 0.717) is 22.6 Å². The highest BCUT2D eigenvalue weighted by molar-refractivity contribution is 14.1. The van der Waals surface area contributed by atoms with Crippen molar-refractivity contribution in [1.29, 1.82) is 0 Å². The third-order valence-corrected chi connectivity index (χ3v) is 4.44. The minimum Gasteiger partial charge on any atom is -0.466 e. The summed E-state index contributed by atoms with van der Waals surface area (Å²) in [6.45, 7) is 5.39. The lowest BCUT2D eigenvalue weighted by atomic mass is 10.1. The predicted octanol–water partition coefficient (Wildman–Crippen LogP) is 2.88. The molecule has 1 aromatic heterocycles. The Labute approximate surface area is 136 Å². The molecular formula is C15H15IN2O3. The van der Waals surface area contributed by atoms with Gasteiger partial charge in [0.15, 0.2) is 0 Å². The Morgan fingerprint density at radius 3 is 2.24 bits per heavy atom. The van der Waals surface area contributed by atoms with Gasteiger partial charge >= 0.3 is 0 Å². The van der Waals surface area contributed by atoms with Crippen LogP contribution in [0.25, 0.3) is 0 Å². The molecule has 0 radical (unpaired) electrons. The normalized spacial score (nSPS) is 10.3. The molecule has 0 saturated heterocycles. The fraction of sp³-hybridized carbons (Fsp3) is 0.200. The SMILES string of the molecule is Cc1cc(C(=O)NNC(=O)c2cccc(C)c2I)c(C)o1. The van der Waals surface area contributed by atoms with Crippen LogP contribution in [-0.4, -0.2) is 11.8 Å². The number of hydrogen-bond acceptors (Lipinski definition) is 3. The van der Waals surface area contributed by atoms with Crippen LogP contribution in [0.5, 0.6) is 0 Å². The van der Waals surface area contributed by atoms with Gasteiger partial charge in [-0.3, -0.25) is 20.4 Å². The van der Waals surface area contributed by atoms with Gasteiger partial charge in [-0.25, -0.2) is 0 Å². The fourth-order valence-electron chi connectivity index (χ4n) is 1.93. The van der Waals surface area contributed by atoms with Crippen molar-refractivity contribution in [2.24, 2.45) is 0 Å². The van der Waals surface area contributed by atoms with Gasteiger partial charge in [0.25, 0.3) is 11.8 Å². The van der Waals surface area contributed by atoms with E-state index in [9.17, 15) is 9.59 Å². The molecule has 0 bridgehead atoms. The largest absolute Gasteiger partial charge is 0.466 e. The van der Waals surface area contributed by atoms with Gasteiger partial charge in [0, 0.05) is 3.57 Å². The topological polar surface area (TPSA) is 71.3 Å². The van der Waals surface area contributed by atoms with Crippen molar-refractivity contribution in [3.8, 4) is 0 Å². The van der Waals surface area contributed by atoms with Crippen molar-refractivity contribution in [3.63, 3.8) is 0 Å². The molecule has 1 heterocycles. The average Bonchev–Trinajstić information content (AvgIpc) is 2.78. The molecule has 0 aliphatic heterocycles. The van der Waals surface area contributed by atoms with Gasteiger partial charge in [-0.2, -0.15) is 0 Å². The molecule has 0 unspecified atom stereocenters. The first-order valence-electron chi connectivity index (χ1n) is 6.33. The Bertz CT molecular complexity index is 707. The Morgan fingerprint density at radius 2 is 1.67 bits per heavy atom. The van der Waals surface area contributed by atoms with E-state index in [2.05, 4.69) is 33.4 Å². The van der Waals surface area contributed by atoms with Crippen molar-refractivity contribution in [2.75, 3.05) is 0 Å². The first-order valence-corrected chi connectivity index (χ1v) is 7.41. The summed E-state index contributed by atoms with van der Waals surface area (Å²) in [5, 5.41) is 0. The van der Waals surface area contributed by atoms with Crippen molar-refractivity contribution >= 4 is 34.4 Å². The zero-order chi connectivity index (χ0) is 15.6. The van der Waals surface area contributed by atoms with Gasteiger partial charge in [-0.15, -0.1) is 0 Å². The lowest BCUT2D eigenvalue weighted by Crippen LogP contribution is -2.42. The molecule has 0 spiro atoms. The van der Waals surface area contributed by atoms with E-state index in [4.69, 9.17) is 4.42 Å². The van der Waals surface area contributed by atoms with Crippen LogP contribution in [0.15, 0.2) is 28.7 Å². The number of hydrogen-bond donors (Lipinski definition) is 2. The molecule has 6 heteroatoms. The van der Waals surface area contributed by atoms with Crippen LogP contribution < -0.4 is 10.9 Å². The van der Waals surface area contributed by atoms with E-state index < -0.39 is 5.91 Å². The summed E-state index contributed by atoms with van der Waals surface area (Å²) in [5.41, 5.74) is 6.76. The summed E-state index contributed by atoms with van der Waals surface area (Å²) in [4.78, 5) is 24.1. The number of rotatable bonds is 2. The molecule has 0 atom stereocenters. The summed E-state index contributed by atoms with van der Waals surface area (Å²) in [6.07, 6.45) is 0. The van der Waals surface area contributed by atoms with Gasteiger partial charge in [-0.05, 0) is 61.1 Å². The third kappa shape index (κ3) is 3.44. The minimum absolute atomic E-state index is 0.352. The fourth-order valence-corrected chi connectivity index (χ4v) is 2.53. The zero-order valence-electron chi connectivity index (χ0n) is 11.9. The molecule has 1 aromatic carbocycles. The molecule has 2 N–H and O–H groups in total. The van der Waals surface area contributed by atoms with E-state index in [1.54, 1.807) is 32.0 Å². The molecule has 0 aliphatic rings. The molecular weight excluding hydrogens is 383 g/mol. The van der Waals surface area contributed by atoms with E-state index in [0.717, 1.165) is 9.13 Å². The van der Waals surface area contributed by atoms with Crippen LogP contribution in [0.3, 0.4) is 0 Å². The highest BCUT2D eigenvalue weighted by Gasteiger charge is 2.16. The number of carbonyl (C=O) groups is 2. The molecule has 21 heavy (non-hydrogen) atoms. The zero-order valence-corrected chi connectivity index (χ0v) is 14.1. The molecule has 2 aromatic rings. The Balaban J connectivity index is 2.06. The maximum Gasteiger partial charge on any atom is 0.273 e. The number of carbonyl (C=O) groups excluding carboxylic acids is 2. The number of furan rings is 1. The second kappa shape index (κ2) is 6.30. The summed E-state index contributed by atoms with van der Waals surface area (Å²) in [7, 11) is 0. The maximum absolute atomic E-state index is 12.1. The molecule has 0 aliphatic carbocycles. The number of benzene rings is 1. The van der Waals surface area contributed by atoms with Gasteiger partial charge < -0.3 is 4.42 Å². The van der Waals surface area contributed by atoms with Gasteiger partial charge in [0.2, 0.25) is 0 Å². The van der Waals surface area contributed by atoms with Crippen LogP contribution in [0, 0.1) is 24.3 Å². The predicted molar refractivity (Wildman–Crippen MR) is 87.0 cm³/mol. The van der Waals surface area contributed by atoms with E-state index in [-0.39, 0.29) is 5.91 Å². The van der Waals surface area contributed by atoms with Crippen molar-refractivity contribution in [1.82, 2.24) is 10.9 Å². The van der Waals surface area contributed by atoms with Crippen LogP contribution in [0.4, 0.5) is 0 Å². The second-order valence-electron chi connectivity index (χ2n) is 4.67. The Morgan fingerprint density at radius 1 is 1.05 bits per heavy atom. The monoisotopic (exact) mass is 398 g/mol. The molecule has 2 rings (SSSR count). The average molecular weight is 398 g/mol. The van der Waals surface area contributed by atoms with Crippen molar-refractivity contribution in [3.05, 3.63) is 56.0 Å². The van der Waals surface area contributed by atoms with Crippen LogP contribution in [-0.2, 0) is 0 Å². The summed E-state index contributed by atoms with van der Waals surface area (Å²) < 4.78 is 6.15. The lowest BCUT2D eigenvalue weighted by molar-refractivity contribution is 0.0845. The van der Waals surface area contributed by atoms with E-state index >= 15 is 0 Å². The molecule has 110 valence electrons. The molecule has 0 fully saturated rings. The minimum atomic E-state index is -0.402. The van der Waals surface area contributed by atoms with Gasteiger partial charge in [-0.1, -0.05) is 12.1 Å². The number of hydrazine groups is 1. The lowest BCUT2D eigenvalue weighted by Gasteiger charge is -2.09. The Kier molecular flexibility index (Phi) is 4.66. The first kappa shape index (κ1) is 15.6. The molecule has 0 saturated carbocycles. The van der Waals surface area contributed by atoms with Gasteiger partial charge in [0.1, 0.15) is 11.5 Å². The molecule has 5 nitrogen and oxygen atoms in total. The standard InChI is InChI=1S/C15H15IN2O3/c1-8-5-4-6-11(13(8)16)14(19)17-18-15(20)12-7-9(2)21-10(12)3/h4-7H,1-3H3,(H,17,19)(H,18,20).